The number of rotatable bonds is 3. The molecule has 0 saturated heterocycles. The van der Waals surface area contributed by atoms with Crippen molar-refractivity contribution in [3.05, 3.63) is 47.0 Å². The van der Waals surface area contributed by atoms with Crippen LogP contribution in [0.1, 0.15) is 5.56 Å². The van der Waals surface area contributed by atoms with E-state index in [-0.39, 0.29) is 0 Å². The van der Waals surface area contributed by atoms with Crippen molar-refractivity contribution in [2.45, 2.75) is 0 Å². The number of nitrogens with two attached hydrogens (primary N) is 1. The maximum atomic E-state index is 8.83. The van der Waals surface area contributed by atoms with Crippen molar-refractivity contribution in [2.24, 2.45) is 0 Å². The van der Waals surface area contributed by atoms with Gasteiger partial charge in [-0.1, -0.05) is 11.6 Å². The van der Waals surface area contributed by atoms with E-state index in [0.29, 0.717) is 33.5 Å². The average molecular weight is 275 g/mol. The number of anilines is 1. The monoisotopic (exact) mass is 274 g/mol. The van der Waals surface area contributed by atoms with Gasteiger partial charge in [-0.05, 0) is 24.3 Å². The zero-order valence-corrected chi connectivity index (χ0v) is 10.9. The number of benzene rings is 2. The van der Waals surface area contributed by atoms with Crippen molar-refractivity contribution in [2.75, 3.05) is 12.8 Å². The number of nitrogens with zero attached hydrogens (tertiary/aromatic N) is 1. The Morgan fingerprint density at radius 2 is 1.89 bits per heavy atom. The Morgan fingerprint density at radius 1 is 1.11 bits per heavy atom. The van der Waals surface area contributed by atoms with Crippen LogP contribution in [0, 0.1) is 11.3 Å². The third-order valence-electron chi connectivity index (χ3n) is 2.49. The van der Waals surface area contributed by atoms with Gasteiger partial charge in [0, 0.05) is 17.2 Å². The van der Waals surface area contributed by atoms with Gasteiger partial charge >= 0.3 is 0 Å². The van der Waals surface area contributed by atoms with Crippen LogP contribution in [0.25, 0.3) is 0 Å². The Kier molecular flexibility index (Phi) is 3.79. The van der Waals surface area contributed by atoms with E-state index >= 15 is 0 Å². The van der Waals surface area contributed by atoms with Gasteiger partial charge in [0.15, 0.2) is 17.2 Å². The van der Waals surface area contributed by atoms with Crippen LogP contribution >= 0.6 is 11.6 Å². The van der Waals surface area contributed by atoms with Crippen LogP contribution in [0.5, 0.6) is 17.2 Å². The van der Waals surface area contributed by atoms with Crippen LogP contribution in [0.2, 0.25) is 5.02 Å². The minimum Gasteiger partial charge on any atom is -0.493 e. The van der Waals surface area contributed by atoms with Crippen molar-refractivity contribution in [3.8, 4) is 23.3 Å². The van der Waals surface area contributed by atoms with Crippen molar-refractivity contribution < 1.29 is 9.47 Å². The standard InChI is InChI=1S/C14H11ClN2O2/c1-18-14-6-9(8-16)2-5-12(14)19-13-7-10(15)3-4-11(13)17/h2-7H,17H2,1H3. The van der Waals surface area contributed by atoms with Gasteiger partial charge in [0.05, 0.1) is 24.4 Å². The fourth-order valence-electron chi connectivity index (χ4n) is 1.54. The molecule has 0 aliphatic rings. The van der Waals surface area contributed by atoms with Crippen LogP contribution in [-0.2, 0) is 0 Å². The van der Waals surface area contributed by atoms with E-state index < -0.39 is 0 Å². The summed E-state index contributed by atoms with van der Waals surface area (Å²) in [5.74, 6) is 1.37. The zero-order chi connectivity index (χ0) is 13.8. The molecule has 4 nitrogen and oxygen atoms in total. The molecule has 5 heteroatoms. The smallest absolute Gasteiger partial charge is 0.169 e. The third-order valence-corrected chi connectivity index (χ3v) is 2.72. The van der Waals surface area contributed by atoms with Crippen LogP contribution in [0.4, 0.5) is 5.69 Å². The van der Waals surface area contributed by atoms with Gasteiger partial charge in [-0.25, -0.2) is 0 Å². The highest BCUT2D eigenvalue weighted by Crippen LogP contribution is 2.35. The summed E-state index contributed by atoms with van der Waals surface area (Å²) in [6.45, 7) is 0. The van der Waals surface area contributed by atoms with E-state index in [1.54, 1.807) is 36.4 Å². The molecule has 2 aromatic rings. The summed E-state index contributed by atoms with van der Waals surface area (Å²) in [5.41, 5.74) is 6.77. The first-order chi connectivity index (χ1) is 9.13. The first-order valence-electron chi connectivity index (χ1n) is 5.45. The molecule has 0 atom stereocenters. The number of hydrogen-bond donors (Lipinski definition) is 1. The minimum absolute atomic E-state index is 0.440. The molecule has 0 aromatic heterocycles. The number of halogens is 1. The van der Waals surface area contributed by atoms with Gasteiger partial charge in [0.1, 0.15) is 0 Å². The maximum absolute atomic E-state index is 8.83. The predicted molar refractivity (Wildman–Crippen MR) is 73.6 cm³/mol. The molecule has 0 fully saturated rings. The molecule has 0 radical (unpaired) electrons. The molecule has 0 spiro atoms. The molecule has 2 rings (SSSR count). The Labute approximate surface area is 115 Å². The van der Waals surface area contributed by atoms with Gasteiger partial charge in [0.2, 0.25) is 0 Å². The molecule has 0 heterocycles. The molecular weight excluding hydrogens is 264 g/mol. The molecule has 0 bridgehead atoms. The maximum Gasteiger partial charge on any atom is 0.169 e. The average Bonchev–Trinajstić information content (AvgIpc) is 2.43. The van der Waals surface area contributed by atoms with Crippen LogP contribution in [-0.4, -0.2) is 7.11 Å². The fourth-order valence-corrected chi connectivity index (χ4v) is 1.70. The minimum atomic E-state index is 0.440. The summed E-state index contributed by atoms with van der Waals surface area (Å²) in [4.78, 5) is 0. The van der Waals surface area contributed by atoms with Gasteiger partial charge < -0.3 is 15.2 Å². The van der Waals surface area contributed by atoms with Crippen molar-refractivity contribution in [3.63, 3.8) is 0 Å². The number of methoxy groups -OCH3 is 1. The highest BCUT2D eigenvalue weighted by atomic mass is 35.5. The van der Waals surface area contributed by atoms with E-state index in [2.05, 4.69) is 0 Å². The van der Waals surface area contributed by atoms with Gasteiger partial charge in [-0.2, -0.15) is 5.26 Å². The summed E-state index contributed by atoms with van der Waals surface area (Å²) < 4.78 is 10.8. The van der Waals surface area contributed by atoms with Crippen LogP contribution in [0.15, 0.2) is 36.4 Å². The molecule has 2 N–H and O–H groups in total. The lowest BCUT2D eigenvalue weighted by atomic mass is 10.2. The van der Waals surface area contributed by atoms with E-state index in [0.717, 1.165) is 0 Å². The molecular formula is C14H11ClN2O2. The second kappa shape index (κ2) is 5.51. The number of nitrogen functional groups attached to an aromatic ring is 1. The second-order valence-electron chi connectivity index (χ2n) is 3.76. The molecule has 19 heavy (non-hydrogen) atoms. The highest BCUT2D eigenvalue weighted by Gasteiger charge is 2.09. The van der Waals surface area contributed by atoms with Gasteiger partial charge in [-0.15, -0.1) is 0 Å². The van der Waals surface area contributed by atoms with Crippen molar-refractivity contribution >= 4 is 17.3 Å². The lowest BCUT2D eigenvalue weighted by molar-refractivity contribution is 0.379. The number of hydrogen-bond acceptors (Lipinski definition) is 4. The molecule has 2 aromatic carbocycles. The molecule has 0 amide bonds. The first kappa shape index (κ1) is 13.1. The normalized spacial score (nSPS) is 9.74. The fraction of sp³-hybridized carbons (Fsp3) is 0.0714. The second-order valence-corrected chi connectivity index (χ2v) is 4.20. The Morgan fingerprint density at radius 3 is 2.58 bits per heavy atom. The van der Waals surface area contributed by atoms with E-state index in [1.807, 2.05) is 6.07 Å². The lowest BCUT2D eigenvalue weighted by Crippen LogP contribution is -1.94. The predicted octanol–water partition coefficient (Wildman–Crippen LogP) is 3.59. The Bertz CT molecular complexity index is 650. The first-order valence-corrected chi connectivity index (χ1v) is 5.83. The Hall–Kier alpha value is -2.38. The van der Waals surface area contributed by atoms with E-state index in [9.17, 15) is 0 Å². The summed E-state index contributed by atoms with van der Waals surface area (Å²) in [5, 5.41) is 9.36. The largest absolute Gasteiger partial charge is 0.493 e. The van der Waals surface area contributed by atoms with Gasteiger partial charge in [-0.3, -0.25) is 0 Å². The molecule has 0 saturated carbocycles. The summed E-state index contributed by atoms with van der Waals surface area (Å²) in [6.07, 6.45) is 0. The van der Waals surface area contributed by atoms with Crippen LogP contribution < -0.4 is 15.2 Å². The van der Waals surface area contributed by atoms with Gasteiger partial charge in [0.25, 0.3) is 0 Å². The highest BCUT2D eigenvalue weighted by molar-refractivity contribution is 6.30. The third kappa shape index (κ3) is 2.90. The summed E-state index contributed by atoms with van der Waals surface area (Å²) in [7, 11) is 1.50. The van der Waals surface area contributed by atoms with E-state index in [1.165, 1.54) is 7.11 Å². The molecule has 0 aliphatic carbocycles. The molecule has 0 aliphatic heterocycles. The summed E-state index contributed by atoms with van der Waals surface area (Å²) >= 11 is 5.89. The number of ether oxygens (including phenoxy) is 2. The SMILES string of the molecule is COc1cc(C#N)ccc1Oc1cc(Cl)ccc1N. The van der Waals surface area contributed by atoms with Crippen molar-refractivity contribution in [1.29, 1.82) is 5.26 Å². The number of nitriles is 1. The molecule has 96 valence electrons. The zero-order valence-electron chi connectivity index (χ0n) is 10.2. The lowest BCUT2D eigenvalue weighted by Gasteiger charge is -2.12. The molecule has 0 unspecified atom stereocenters. The quantitative estimate of drug-likeness (QED) is 0.869. The van der Waals surface area contributed by atoms with Crippen molar-refractivity contribution in [1.82, 2.24) is 0 Å². The Balaban J connectivity index is 2.38. The summed E-state index contributed by atoms with van der Waals surface area (Å²) in [6, 6.07) is 11.9. The topological polar surface area (TPSA) is 68.3 Å². The van der Waals surface area contributed by atoms with E-state index in [4.69, 9.17) is 32.1 Å². The van der Waals surface area contributed by atoms with Crippen LogP contribution in [0.3, 0.4) is 0 Å².